The number of nitrogens with zero attached hydrogens (tertiary/aromatic N) is 4. The zero-order valence-electron chi connectivity index (χ0n) is 16.7. The predicted molar refractivity (Wildman–Crippen MR) is 109 cm³/mol. The predicted octanol–water partition coefficient (Wildman–Crippen LogP) is 2.48. The molecule has 1 aliphatic heterocycles. The highest BCUT2D eigenvalue weighted by Gasteiger charge is 2.35. The van der Waals surface area contributed by atoms with Gasteiger partial charge in [0, 0.05) is 19.3 Å². The Hall–Kier alpha value is -3.07. The van der Waals surface area contributed by atoms with Crippen LogP contribution in [0.15, 0.2) is 58.1 Å². The van der Waals surface area contributed by atoms with E-state index >= 15 is 0 Å². The minimum absolute atomic E-state index is 0.0115. The summed E-state index contributed by atoms with van der Waals surface area (Å²) in [4.78, 5) is 23.1. The maximum atomic E-state index is 12.5. The summed E-state index contributed by atoms with van der Waals surface area (Å²) in [5, 5.41) is 3.49. The van der Waals surface area contributed by atoms with E-state index in [1.54, 1.807) is 49.2 Å². The molecule has 4 rings (SSSR count). The third kappa shape index (κ3) is 3.97. The van der Waals surface area contributed by atoms with Crippen molar-refractivity contribution in [3.63, 3.8) is 0 Å². The molecule has 0 aliphatic carbocycles. The normalized spacial score (nSPS) is 14.7. The van der Waals surface area contributed by atoms with Crippen LogP contribution in [0.2, 0.25) is 0 Å². The summed E-state index contributed by atoms with van der Waals surface area (Å²) < 4.78 is 29.7. The molecule has 8 nitrogen and oxygen atoms in total. The number of benzene rings is 1. The number of likely N-dealkylation sites (tertiary alicyclic amines) is 1. The zero-order chi connectivity index (χ0) is 21.3. The Morgan fingerprint density at radius 2 is 1.90 bits per heavy atom. The SMILES string of the molecule is CC(C)S(=O)(=O)c1ccc(CC(=O)N2CC(c3nc(-c4ccccn4)no3)C2)cc1. The molecule has 30 heavy (non-hydrogen) atoms. The average Bonchev–Trinajstić information content (AvgIpc) is 3.17. The van der Waals surface area contributed by atoms with Crippen LogP contribution in [-0.4, -0.2) is 52.7 Å². The van der Waals surface area contributed by atoms with E-state index < -0.39 is 15.1 Å². The van der Waals surface area contributed by atoms with Gasteiger partial charge >= 0.3 is 0 Å². The highest BCUT2D eigenvalue weighted by atomic mass is 32.2. The molecule has 9 heteroatoms. The fraction of sp³-hybridized carbons (Fsp3) is 0.333. The van der Waals surface area contributed by atoms with Gasteiger partial charge in [-0.25, -0.2) is 8.42 Å². The average molecular weight is 426 g/mol. The fourth-order valence-electron chi connectivity index (χ4n) is 3.19. The largest absolute Gasteiger partial charge is 0.341 e. The molecule has 3 heterocycles. The monoisotopic (exact) mass is 426 g/mol. The Morgan fingerprint density at radius 3 is 2.53 bits per heavy atom. The van der Waals surface area contributed by atoms with E-state index in [1.165, 1.54) is 0 Å². The molecular formula is C21H22N4O4S. The molecule has 156 valence electrons. The van der Waals surface area contributed by atoms with E-state index in [4.69, 9.17) is 4.52 Å². The van der Waals surface area contributed by atoms with Crippen LogP contribution in [0, 0.1) is 0 Å². The van der Waals surface area contributed by atoms with Crippen LogP contribution in [-0.2, 0) is 21.1 Å². The van der Waals surface area contributed by atoms with Crippen molar-refractivity contribution in [3.05, 3.63) is 60.1 Å². The molecule has 0 spiro atoms. The van der Waals surface area contributed by atoms with E-state index in [2.05, 4.69) is 15.1 Å². The quantitative estimate of drug-likeness (QED) is 0.596. The first-order chi connectivity index (χ1) is 14.3. The number of carbonyl (C=O) groups excluding carboxylic acids is 1. The summed E-state index contributed by atoms with van der Waals surface area (Å²) in [7, 11) is -3.31. The summed E-state index contributed by atoms with van der Waals surface area (Å²) in [6.07, 6.45) is 1.89. The highest BCUT2D eigenvalue weighted by Crippen LogP contribution is 2.28. The number of sulfone groups is 1. The summed E-state index contributed by atoms with van der Waals surface area (Å²) in [5.74, 6) is 0.933. The molecule has 0 atom stereocenters. The molecule has 0 unspecified atom stereocenters. The topological polar surface area (TPSA) is 106 Å². The molecule has 1 fully saturated rings. The maximum Gasteiger partial charge on any atom is 0.233 e. The number of carbonyl (C=O) groups is 1. The second kappa shape index (κ2) is 7.98. The first-order valence-corrected chi connectivity index (χ1v) is 11.2. The van der Waals surface area contributed by atoms with Crippen molar-refractivity contribution >= 4 is 15.7 Å². The van der Waals surface area contributed by atoms with Gasteiger partial charge in [0.1, 0.15) is 5.69 Å². The number of hydrogen-bond donors (Lipinski definition) is 0. The lowest BCUT2D eigenvalue weighted by Gasteiger charge is -2.37. The summed E-state index contributed by atoms with van der Waals surface area (Å²) in [6.45, 7) is 4.33. The second-order valence-electron chi connectivity index (χ2n) is 7.58. The van der Waals surface area contributed by atoms with Gasteiger partial charge < -0.3 is 9.42 Å². The third-order valence-corrected chi connectivity index (χ3v) is 7.32. The van der Waals surface area contributed by atoms with Gasteiger partial charge in [-0.15, -0.1) is 0 Å². The van der Waals surface area contributed by atoms with Crippen LogP contribution in [0.1, 0.15) is 31.2 Å². The molecular weight excluding hydrogens is 404 g/mol. The van der Waals surface area contributed by atoms with E-state index in [0.717, 1.165) is 5.56 Å². The molecule has 1 aromatic carbocycles. The number of rotatable bonds is 6. The lowest BCUT2D eigenvalue weighted by molar-refractivity contribution is -0.135. The fourth-order valence-corrected chi connectivity index (χ4v) is 4.25. The number of pyridine rings is 1. The van der Waals surface area contributed by atoms with E-state index in [9.17, 15) is 13.2 Å². The van der Waals surface area contributed by atoms with Crippen molar-refractivity contribution in [2.24, 2.45) is 0 Å². The summed E-state index contributed by atoms with van der Waals surface area (Å²) in [5.41, 5.74) is 1.42. The van der Waals surface area contributed by atoms with Crippen molar-refractivity contribution in [2.75, 3.05) is 13.1 Å². The van der Waals surface area contributed by atoms with Crippen LogP contribution in [0.25, 0.3) is 11.5 Å². The van der Waals surface area contributed by atoms with Crippen LogP contribution in [0.3, 0.4) is 0 Å². The van der Waals surface area contributed by atoms with Gasteiger partial charge in [0.05, 0.1) is 22.5 Å². The van der Waals surface area contributed by atoms with Crippen molar-refractivity contribution in [1.82, 2.24) is 20.0 Å². The Kier molecular flexibility index (Phi) is 5.38. The van der Waals surface area contributed by atoms with E-state index in [1.807, 2.05) is 18.2 Å². The van der Waals surface area contributed by atoms with Gasteiger partial charge in [-0.1, -0.05) is 23.4 Å². The summed E-state index contributed by atoms with van der Waals surface area (Å²) in [6, 6.07) is 12.0. The molecule has 1 saturated heterocycles. The van der Waals surface area contributed by atoms with Crippen LogP contribution in [0.5, 0.6) is 0 Å². The highest BCUT2D eigenvalue weighted by molar-refractivity contribution is 7.92. The lowest BCUT2D eigenvalue weighted by atomic mass is 9.99. The van der Waals surface area contributed by atoms with Gasteiger partial charge in [0.25, 0.3) is 0 Å². The standard InChI is InChI=1S/C21H22N4O4S/c1-14(2)30(27,28)17-8-6-15(7-9-17)11-19(26)25-12-16(13-25)21-23-20(24-29-21)18-5-3-4-10-22-18/h3-10,14,16H,11-13H2,1-2H3. The van der Waals surface area contributed by atoms with Crippen molar-refractivity contribution in [3.8, 4) is 11.5 Å². The van der Waals surface area contributed by atoms with Gasteiger partial charge in [-0.3, -0.25) is 9.78 Å². The first-order valence-electron chi connectivity index (χ1n) is 9.70. The molecule has 0 saturated carbocycles. The molecule has 0 radical (unpaired) electrons. The Morgan fingerprint density at radius 1 is 1.17 bits per heavy atom. The van der Waals surface area contributed by atoms with Crippen molar-refractivity contribution < 1.29 is 17.7 Å². The smallest absolute Gasteiger partial charge is 0.233 e. The Bertz CT molecular complexity index is 1140. The van der Waals surface area contributed by atoms with Gasteiger partial charge in [0.15, 0.2) is 9.84 Å². The number of aromatic nitrogens is 3. The lowest BCUT2D eigenvalue weighted by Crippen LogP contribution is -2.49. The van der Waals surface area contributed by atoms with Gasteiger partial charge in [-0.2, -0.15) is 4.98 Å². The minimum atomic E-state index is -3.31. The van der Waals surface area contributed by atoms with Crippen LogP contribution < -0.4 is 0 Å². The van der Waals surface area contributed by atoms with Gasteiger partial charge in [-0.05, 0) is 43.7 Å². The summed E-state index contributed by atoms with van der Waals surface area (Å²) >= 11 is 0. The second-order valence-corrected chi connectivity index (χ2v) is 10.1. The number of hydrogen-bond acceptors (Lipinski definition) is 7. The molecule has 3 aromatic rings. The van der Waals surface area contributed by atoms with Crippen LogP contribution >= 0.6 is 0 Å². The molecule has 1 amide bonds. The van der Waals surface area contributed by atoms with E-state index in [-0.39, 0.29) is 23.1 Å². The van der Waals surface area contributed by atoms with Crippen LogP contribution in [0.4, 0.5) is 0 Å². The maximum absolute atomic E-state index is 12.5. The van der Waals surface area contributed by atoms with Crippen molar-refractivity contribution in [1.29, 1.82) is 0 Å². The zero-order valence-corrected chi connectivity index (χ0v) is 17.5. The van der Waals surface area contributed by atoms with E-state index in [0.29, 0.717) is 30.5 Å². The molecule has 2 aromatic heterocycles. The number of amides is 1. The van der Waals surface area contributed by atoms with Gasteiger partial charge in [0.2, 0.25) is 17.6 Å². The Labute approximate surface area is 174 Å². The Balaban J connectivity index is 1.33. The molecule has 0 bridgehead atoms. The first kappa shape index (κ1) is 20.2. The third-order valence-electron chi connectivity index (χ3n) is 5.15. The minimum Gasteiger partial charge on any atom is -0.341 e. The van der Waals surface area contributed by atoms with Crippen molar-refractivity contribution in [2.45, 2.75) is 36.3 Å². The molecule has 0 N–H and O–H groups in total. The molecule has 1 aliphatic rings.